The Labute approximate surface area is 125 Å². The molecule has 0 spiro atoms. The number of nitro benzene ring substituents is 1. The Balaban J connectivity index is 2.49. The average molecular weight is 305 g/mol. The van der Waals surface area contributed by atoms with Crippen LogP contribution in [-0.4, -0.2) is 18.0 Å². The average Bonchev–Trinajstić information content (AvgIpc) is 2.48. The zero-order chi connectivity index (χ0) is 16.3. The number of hydrogen-bond acceptors (Lipinski definition) is 5. The molecule has 0 heterocycles. The number of esters is 1. The van der Waals surface area contributed by atoms with Gasteiger partial charge in [-0.25, -0.2) is 9.18 Å². The quantitative estimate of drug-likeness (QED) is 0.489. The van der Waals surface area contributed by atoms with Crippen molar-refractivity contribution in [3.8, 4) is 11.5 Å². The van der Waals surface area contributed by atoms with Gasteiger partial charge in [-0.2, -0.15) is 0 Å². The Morgan fingerprint density at radius 3 is 2.41 bits per heavy atom. The van der Waals surface area contributed by atoms with Gasteiger partial charge in [0.2, 0.25) is 0 Å². The van der Waals surface area contributed by atoms with Gasteiger partial charge in [0.1, 0.15) is 22.9 Å². The summed E-state index contributed by atoms with van der Waals surface area (Å²) < 4.78 is 23.0. The lowest BCUT2D eigenvalue weighted by molar-refractivity contribution is -0.385. The van der Waals surface area contributed by atoms with Crippen LogP contribution < -0.4 is 4.74 Å². The lowest BCUT2D eigenvalue weighted by atomic mass is 10.1. The van der Waals surface area contributed by atoms with Crippen molar-refractivity contribution in [3.63, 3.8) is 0 Å². The van der Waals surface area contributed by atoms with Crippen molar-refractivity contribution >= 4 is 11.7 Å². The molecule has 0 N–H and O–H groups in total. The molecule has 0 aliphatic heterocycles. The minimum Gasteiger partial charge on any atom is -0.465 e. The van der Waals surface area contributed by atoms with Crippen molar-refractivity contribution in [3.05, 3.63) is 63.5 Å². The second-order valence-electron chi connectivity index (χ2n) is 4.44. The molecule has 0 fully saturated rings. The van der Waals surface area contributed by atoms with E-state index in [9.17, 15) is 19.3 Å². The molecule has 0 aliphatic rings. The molecular formula is C15H12FNO5. The first-order valence-corrected chi connectivity index (χ1v) is 6.23. The fourth-order valence-corrected chi connectivity index (χ4v) is 1.85. The number of nitrogens with zero attached hydrogens (tertiary/aromatic N) is 1. The highest BCUT2D eigenvalue weighted by Gasteiger charge is 2.21. The van der Waals surface area contributed by atoms with E-state index in [0.29, 0.717) is 11.3 Å². The standard InChI is InChI=1S/C15H12FNO5/c1-9-7-14(22-11-5-3-10(16)4-6-11)12(15(18)21-2)8-13(9)17(19)20/h3-8H,1-2H3. The molecule has 0 aliphatic carbocycles. The molecule has 0 amide bonds. The molecule has 22 heavy (non-hydrogen) atoms. The van der Waals surface area contributed by atoms with Crippen LogP contribution in [0.4, 0.5) is 10.1 Å². The van der Waals surface area contributed by atoms with E-state index in [4.69, 9.17) is 4.74 Å². The molecule has 6 nitrogen and oxygen atoms in total. The number of ether oxygens (including phenoxy) is 2. The molecule has 2 aromatic rings. The third-order valence-corrected chi connectivity index (χ3v) is 2.94. The minimum atomic E-state index is -0.764. The first-order chi connectivity index (χ1) is 10.4. The van der Waals surface area contributed by atoms with Crippen LogP contribution in [-0.2, 0) is 4.74 Å². The van der Waals surface area contributed by atoms with Crippen molar-refractivity contribution in [2.75, 3.05) is 7.11 Å². The predicted molar refractivity (Wildman–Crippen MR) is 75.6 cm³/mol. The van der Waals surface area contributed by atoms with E-state index in [1.807, 2.05) is 0 Å². The number of halogens is 1. The van der Waals surface area contributed by atoms with E-state index in [0.717, 1.165) is 13.2 Å². The van der Waals surface area contributed by atoms with Gasteiger partial charge in [0.25, 0.3) is 5.69 Å². The van der Waals surface area contributed by atoms with Crippen molar-refractivity contribution < 1.29 is 23.6 Å². The molecule has 0 atom stereocenters. The summed E-state index contributed by atoms with van der Waals surface area (Å²) in [6, 6.07) is 7.63. The van der Waals surface area contributed by atoms with Crippen LogP contribution in [0.25, 0.3) is 0 Å². The van der Waals surface area contributed by atoms with Gasteiger partial charge in [0, 0.05) is 11.6 Å². The fraction of sp³-hybridized carbons (Fsp3) is 0.133. The van der Waals surface area contributed by atoms with E-state index in [2.05, 4.69) is 4.74 Å². The fourth-order valence-electron chi connectivity index (χ4n) is 1.85. The van der Waals surface area contributed by atoms with Crippen LogP contribution in [0.2, 0.25) is 0 Å². The third-order valence-electron chi connectivity index (χ3n) is 2.94. The zero-order valence-electron chi connectivity index (χ0n) is 11.8. The summed E-state index contributed by atoms with van der Waals surface area (Å²) in [5.41, 5.74) is 0.0331. The van der Waals surface area contributed by atoms with E-state index in [1.54, 1.807) is 0 Å². The molecule has 0 saturated heterocycles. The molecule has 0 unspecified atom stereocenters. The Hall–Kier alpha value is -2.96. The third kappa shape index (κ3) is 3.20. The first kappa shape index (κ1) is 15.4. The normalized spacial score (nSPS) is 10.1. The number of benzene rings is 2. The lowest BCUT2D eigenvalue weighted by Crippen LogP contribution is -2.06. The molecule has 0 bridgehead atoms. The smallest absolute Gasteiger partial charge is 0.341 e. The maximum Gasteiger partial charge on any atom is 0.341 e. The summed E-state index contributed by atoms with van der Waals surface area (Å²) in [6.07, 6.45) is 0. The number of nitro groups is 1. The SMILES string of the molecule is COC(=O)c1cc([N+](=O)[O-])c(C)cc1Oc1ccc(F)cc1. The summed E-state index contributed by atoms with van der Waals surface area (Å²) in [6.45, 7) is 1.52. The van der Waals surface area contributed by atoms with Crippen LogP contribution in [0.5, 0.6) is 11.5 Å². The Morgan fingerprint density at radius 2 is 1.86 bits per heavy atom. The second kappa shape index (κ2) is 6.21. The maximum absolute atomic E-state index is 12.9. The lowest BCUT2D eigenvalue weighted by Gasteiger charge is -2.11. The first-order valence-electron chi connectivity index (χ1n) is 6.23. The summed E-state index contributed by atoms with van der Waals surface area (Å²) in [4.78, 5) is 22.1. The molecule has 0 saturated carbocycles. The molecule has 0 aromatic heterocycles. The van der Waals surface area contributed by atoms with Crippen molar-refractivity contribution in [1.82, 2.24) is 0 Å². The van der Waals surface area contributed by atoms with E-state index in [1.165, 1.54) is 37.3 Å². The topological polar surface area (TPSA) is 78.7 Å². The number of carbonyl (C=O) groups excluding carboxylic acids is 1. The Kier molecular flexibility index (Phi) is 4.36. The van der Waals surface area contributed by atoms with Crippen LogP contribution in [0, 0.1) is 22.9 Å². The van der Waals surface area contributed by atoms with Crippen molar-refractivity contribution in [2.24, 2.45) is 0 Å². The van der Waals surface area contributed by atoms with Gasteiger partial charge in [-0.15, -0.1) is 0 Å². The van der Waals surface area contributed by atoms with Crippen LogP contribution in [0.15, 0.2) is 36.4 Å². The van der Waals surface area contributed by atoms with Crippen LogP contribution in [0.1, 0.15) is 15.9 Å². The van der Waals surface area contributed by atoms with Crippen molar-refractivity contribution in [1.29, 1.82) is 0 Å². The van der Waals surface area contributed by atoms with Gasteiger partial charge in [-0.05, 0) is 37.3 Å². The number of methoxy groups -OCH3 is 1. The number of rotatable bonds is 4. The molecular weight excluding hydrogens is 293 g/mol. The van der Waals surface area contributed by atoms with Gasteiger partial charge in [0.15, 0.2) is 0 Å². The zero-order valence-corrected chi connectivity index (χ0v) is 11.8. The molecule has 0 radical (unpaired) electrons. The summed E-state index contributed by atoms with van der Waals surface area (Å²) in [7, 11) is 1.16. The highest BCUT2D eigenvalue weighted by molar-refractivity contribution is 5.93. The second-order valence-corrected chi connectivity index (χ2v) is 4.44. The summed E-state index contributed by atoms with van der Waals surface area (Å²) in [5.74, 6) is -0.804. The van der Waals surface area contributed by atoms with Gasteiger partial charge in [-0.3, -0.25) is 10.1 Å². The van der Waals surface area contributed by atoms with Crippen LogP contribution in [0.3, 0.4) is 0 Å². The summed E-state index contributed by atoms with van der Waals surface area (Å²) >= 11 is 0. The highest BCUT2D eigenvalue weighted by atomic mass is 19.1. The molecule has 114 valence electrons. The summed E-state index contributed by atoms with van der Waals surface area (Å²) in [5, 5.41) is 11.0. The molecule has 2 rings (SSSR count). The van der Waals surface area contributed by atoms with Crippen LogP contribution >= 0.6 is 0 Å². The maximum atomic E-state index is 12.9. The van der Waals surface area contributed by atoms with Gasteiger partial charge >= 0.3 is 5.97 Å². The number of hydrogen-bond donors (Lipinski definition) is 0. The van der Waals surface area contributed by atoms with Gasteiger partial charge in [-0.1, -0.05) is 0 Å². The van der Waals surface area contributed by atoms with Crippen molar-refractivity contribution in [2.45, 2.75) is 6.92 Å². The van der Waals surface area contributed by atoms with Gasteiger partial charge < -0.3 is 9.47 Å². The van der Waals surface area contributed by atoms with E-state index < -0.39 is 16.7 Å². The van der Waals surface area contributed by atoms with E-state index in [-0.39, 0.29) is 17.0 Å². The molecule has 7 heteroatoms. The molecule has 2 aromatic carbocycles. The van der Waals surface area contributed by atoms with E-state index >= 15 is 0 Å². The monoisotopic (exact) mass is 305 g/mol. The Bertz CT molecular complexity index is 727. The largest absolute Gasteiger partial charge is 0.465 e. The number of carbonyl (C=O) groups is 1. The predicted octanol–water partition coefficient (Wildman–Crippen LogP) is 3.62. The highest BCUT2D eigenvalue weighted by Crippen LogP contribution is 2.32. The Morgan fingerprint density at radius 1 is 1.23 bits per heavy atom. The van der Waals surface area contributed by atoms with Gasteiger partial charge in [0.05, 0.1) is 12.0 Å². The minimum absolute atomic E-state index is 0.0795. The number of aryl methyl sites for hydroxylation is 1.